The molecule has 0 radical (unpaired) electrons. The maximum absolute atomic E-state index is 5.59. The van der Waals surface area contributed by atoms with Gasteiger partial charge in [0, 0.05) is 17.0 Å². The summed E-state index contributed by atoms with van der Waals surface area (Å²) in [6.07, 6.45) is 2.24. The minimum absolute atomic E-state index is 0.381. The van der Waals surface area contributed by atoms with Crippen LogP contribution in [0.5, 0.6) is 0 Å². The standard InChI is InChI=1S/C11H21IO3/c1-11(2)14-8-10(9-15-11)4-3-6-13-7-5-12/h10H,3-9H2,1-2H3. The van der Waals surface area contributed by atoms with Gasteiger partial charge >= 0.3 is 0 Å². The van der Waals surface area contributed by atoms with Crippen molar-refractivity contribution in [3.05, 3.63) is 0 Å². The summed E-state index contributed by atoms with van der Waals surface area (Å²) in [5.41, 5.74) is 0. The number of alkyl halides is 1. The molecule has 1 aliphatic heterocycles. The van der Waals surface area contributed by atoms with E-state index in [1.54, 1.807) is 0 Å². The van der Waals surface area contributed by atoms with Crippen molar-refractivity contribution in [2.75, 3.05) is 30.9 Å². The molecular weight excluding hydrogens is 307 g/mol. The fourth-order valence-corrected chi connectivity index (χ4v) is 1.84. The van der Waals surface area contributed by atoms with Gasteiger partial charge in [0.2, 0.25) is 0 Å². The molecule has 0 unspecified atom stereocenters. The first-order chi connectivity index (χ1) is 7.14. The quantitative estimate of drug-likeness (QED) is 0.426. The molecule has 0 aromatic heterocycles. The lowest BCUT2D eigenvalue weighted by Crippen LogP contribution is -2.39. The minimum Gasteiger partial charge on any atom is -0.381 e. The van der Waals surface area contributed by atoms with Gasteiger partial charge in [-0.1, -0.05) is 22.6 Å². The number of hydrogen-bond donors (Lipinski definition) is 0. The summed E-state index contributed by atoms with van der Waals surface area (Å²) in [7, 11) is 0. The van der Waals surface area contributed by atoms with E-state index in [9.17, 15) is 0 Å². The number of hydrogen-bond acceptors (Lipinski definition) is 3. The molecule has 4 heteroatoms. The SMILES string of the molecule is CC1(C)OCC(CCCOCCI)CO1. The second-order valence-corrected chi connectivity index (χ2v) is 5.41. The van der Waals surface area contributed by atoms with E-state index in [-0.39, 0.29) is 5.79 Å². The molecule has 0 amide bonds. The summed E-state index contributed by atoms with van der Waals surface area (Å²) in [6, 6.07) is 0. The zero-order valence-electron chi connectivity index (χ0n) is 9.63. The van der Waals surface area contributed by atoms with Gasteiger partial charge in [0.1, 0.15) is 0 Å². The number of halogens is 1. The normalized spacial score (nSPS) is 21.8. The van der Waals surface area contributed by atoms with Crippen molar-refractivity contribution in [2.24, 2.45) is 5.92 Å². The molecule has 0 aliphatic carbocycles. The Kier molecular flexibility index (Phi) is 6.42. The van der Waals surface area contributed by atoms with Gasteiger partial charge in [-0.15, -0.1) is 0 Å². The fraction of sp³-hybridized carbons (Fsp3) is 1.00. The summed E-state index contributed by atoms with van der Waals surface area (Å²) in [4.78, 5) is 0. The lowest BCUT2D eigenvalue weighted by molar-refractivity contribution is -0.262. The Labute approximate surface area is 106 Å². The molecule has 1 rings (SSSR count). The van der Waals surface area contributed by atoms with Crippen LogP contribution in [0.3, 0.4) is 0 Å². The Morgan fingerprint density at radius 1 is 1.27 bits per heavy atom. The zero-order chi connectivity index (χ0) is 11.1. The van der Waals surface area contributed by atoms with Gasteiger partial charge in [-0.3, -0.25) is 0 Å². The van der Waals surface area contributed by atoms with Gasteiger partial charge < -0.3 is 14.2 Å². The third-order valence-corrected chi connectivity index (χ3v) is 2.90. The van der Waals surface area contributed by atoms with Crippen molar-refractivity contribution in [2.45, 2.75) is 32.5 Å². The molecule has 0 bridgehead atoms. The summed E-state index contributed by atoms with van der Waals surface area (Å²) >= 11 is 2.32. The first-order valence-electron chi connectivity index (χ1n) is 5.55. The van der Waals surface area contributed by atoms with Crippen LogP contribution < -0.4 is 0 Å². The van der Waals surface area contributed by atoms with E-state index in [2.05, 4.69) is 22.6 Å². The molecule has 3 nitrogen and oxygen atoms in total. The van der Waals surface area contributed by atoms with E-state index in [0.717, 1.165) is 43.7 Å². The first kappa shape index (κ1) is 13.7. The van der Waals surface area contributed by atoms with Crippen LogP contribution in [-0.2, 0) is 14.2 Å². The highest BCUT2D eigenvalue weighted by atomic mass is 127. The van der Waals surface area contributed by atoms with Crippen LogP contribution in [0, 0.1) is 5.92 Å². The fourth-order valence-electron chi connectivity index (χ4n) is 1.52. The van der Waals surface area contributed by atoms with Gasteiger partial charge in [-0.2, -0.15) is 0 Å². The number of rotatable bonds is 6. The highest BCUT2D eigenvalue weighted by molar-refractivity contribution is 14.1. The van der Waals surface area contributed by atoms with Crippen molar-refractivity contribution < 1.29 is 14.2 Å². The first-order valence-corrected chi connectivity index (χ1v) is 7.08. The lowest BCUT2D eigenvalue weighted by Gasteiger charge is -2.34. The molecule has 90 valence electrons. The highest BCUT2D eigenvalue weighted by Crippen LogP contribution is 2.22. The average Bonchev–Trinajstić information content (AvgIpc) is 2.20. The Morgan fingerprint density at radius 2 is 1.93 bits per heavy atom. The van der Waals surface area contributed by atoms with Crippen LogP contribution in [0.1, 0.15) is 26.7 Å². The molecule has 1 aliphatic rings. The summed E-state index contributed by atoms with van der Waals surface area (Å²) in [5, 5.41) is 0. The highest BCUT2D eigenvalue weighted by Gasteiger charge is 2.27. The van der Waals surface area contributed by atoms with E-state index in [1.165, 1.54) is 0 Å². The molecule has 0 N–H and O–H groups in total. The lowest BCUT2D eigenvalue weighted by atomic mass is 10.0. The zero-order valence-corrected chi connectivity index (χ0v) is 11.8. The maximum Gasteiger partial charge on any atom is 0.162 e. The predicted octanol–water partition coefficient (Wildman–Crippen LogP) is 2.62. The third-order valence-electron chi connectivity index (χ3n) is 2.46. The summed E-state index contributed by atoms with van der Waals surface area (Å²) < 4.78 is 17.7. The van der Waals surface area contributed by atoms with E-state index in [4.69, 9.17) is 14.2 Å². The Balaban J connectivity index is 1.99. The Morgan fingerprint density at radius 3 is 2.53 bits per heavy atom. The molecule has 1 fully saturated rings. The van der Waals surface area contributed by atoms with Crippen LogP contribution in [0.25, 0.3) is 0 Å². The average molecular weight is 328 g/mol. The molecule has 0 atom stereocenters. The molecule has 0 saturated carbocycles. The van der Waals surface area contributed by atoms with Crippen molar-refractivity contribution in [3.63, 3.8) is 0 Å². The molecule has 0 spiro atoms. The second-order valence-electron chi connectivity index (χ2n) is 4.33. The smallest absolute Gasteiger partial charge is 0.162 e. The van der Waals surface area contributed by atoms with Crippen molar-refractivity contribution in [3.8, 4) is 0 Å². The van der Waals surface area contributed by atoms with Crippen molar-refractivity contribution in [1.29, 1.82) is 0 Å². The van der Waals surface area contributed by atoms with Gasteiger partial charge in [-0.25, -0.2) is 0 Å². The van der Waals surface area contributed by atoms with E-state index in [0.29, 0.717) is 5.92 Å². The Bertz CT molecular complexity index is 163. The van der Waals surface area contributed by atoms with Gasteiger partial charge in [0.25, 0.3) is 0 Å². The maximum atomic E-state index is 5.59. The van der Waals surface area contributed by atoms with Crippen LogP contribution >= 0.6 is 22.6 Å². The molecule has 1 heterocycles. The van der Waals surface area contributed by atoms with E-state index < -0.39 is 0 Å². The van der Waals surface area contributed by atoms with Crippen LogP contribution in [0.4, 0.5) is 0 Å². The predicted molar refractivity (Wildman–Crippen MR) is 68.4 cm³/mol. The van der Waals surface area contributed by atoms with Crippen molar-refractivity contribution >= 4 is 22.6 Å². The van der Waals surface area contributed by atoms with Crippen LogP contribution in [0.15, 0.2) is 0 Å². The summed E-state index contributed by atoms with van der Waals surface area (Å²) in [5.74, 6) is 0.162. The third kappa shape index (κ3) is 6.04. The molecule has 1 saturated heterocycles. The summed E-state index contributed by atoms with van der Waals surface area (Å²) in [6.45, 7) is 7.30. The van der Waals surface area contributed by atoms with E-state index in [1.807, 2.05) is 13.8 Å². The monoisotopic (exact) mass is 328 g/mol. The van der Waals surface area contributed by atoms with Gasteiger partial charge in [0.15, 0.2) is 5.79 Å². The molecule has 15 heavy (non-hydrogen) atoms. The number of ether oxygens (including phenoxy) is 3. The van der Waals surface area contributed by atoms with Gasteiger partial charge in [-0.05, 0) is 26.7 Å². The molecule has 0 aromatic rings. The molecule has 0 aromatic carbocycles. The van der Waals surface area contributed by atoms with Gasteiger partial charge in [0.05, 0.1) is 19.8 Å². The second kappa shape index (κ2) is 7.04. The topological polar surface area (TPSA) is 27.7 Å². The minimum atomic E-state index is -0.381. The van der Waals surface area contributed by atoms with E-state index >= 15 is 0 Å². The van der Waals surface area contributed by atoms with Crippen LogP contribution in [0.2, 0.25) is 0 Å². The van der Waals surface area contributed by atoms with Crippen LogP contribution in [-0.4, -0.2) is 36.6 Å². The van der Waals surface area contributed by atoms with Crippen molar-refractivity contribution in [1.82, 2.24) is 0 Å². The Hall–Kier alpha value is 0.610. The largest absolute Gasteiger partial charge is 0.381 e. The molecular formula is C11H21IO3.